The van der Waals surface area contributed by atoms with Gasteiger partial charge in [0.2, 0.25) is 0 Å². The summed E-state index contributed by atoms with van der Waals surface area (Å²) in [7, 11) is 0. The molecule has 1 fully saturated rings. The molecule has 2 aromatic rings. The summed E-state index contributed by atoms with van der Waals surface area (Å²) in [4.78, 5) is 0. The summed E-state index contributed by atoms with van der Waals surface area (Å²) >= 11 is 0. The van der Waals surface area contributed by atoms with Crippen LogP contribution in [0.3, 0.4) is 0 Å². The molecule has 127 valence electrons. The predicted octanol–water partition coefficient (Wildman–Crippen LogP) is 5.92. The van der Waals surface area contributed by atoms with Crippen LogP contribution in [-0.4, -0.2) is 13.2 Å². The van der Waals surface area contributed by atoms with Gasteiger partial charge in [-0.2, -0.15) is 0 Å². The Labute approximate surface area is 145 Å². The van der Waals surface area contributed by atoms with E-state index in [9.17, 15) is 0 Å². The van der Waals surface area contributed by atoms with E-state index >= 15 is 0 Å². The van der Waals surface area contributed by atoms with E-state index < -0.39 is 0 Å². The van der Waals surface area contributed by atoms with Crippen LogP contribution in [0.5, 0.6) is 11.5 Å². The molecule has 0 bridgehead atoms. The maximum atomic E-state index is 5.97. The molecule has 0 N–H and O–H groups in total. The first-order valence-corrected chi connectivity index (χ1v) is 9.13. The molecule has 0 aliphatic heterocycles. The van der Waals surface area contributed by atoms with Gasteiger partial charge in [0.05, 0.1) is 13.2 Å². The zero-order chi connectivity index (χ0) is 16.6. The predicted molar refractivity (Wildman–Crippen MR) is 99.4 cm³/mol. The van der Waals surface area contributed by atoms with Gasteiger partial charge in [0.15, 0.2) is 0 Å². The van der Waals surface area contributed by atoms with Crippen molar-refractivity contribution in [2.45, 2.75) is 39.0 Å². The zero-order valence-corrected chi connectivity index (χ0v) is 14.5. The molecule has 1 radical (unpaired) electrons. The van der Waals surface area contributed by atoms with E-state index in [-0.39, 0.29) is 0 Å². The van der Waals surface area contributed by atoms with Crippen molar-refractivity contribution in [3.8, 4) is 22.6 Å². The van der Waals surface area contributed by atoms with E-state index in [4.69, 9.17) is 9.47 Å². The Bertz CT molecular complexity index is 595. The van der Waals surface area contributed by atoms with Gasteiger partial charge in [0.1, 0.15) is 11.5 Å². The SMILES string of the molecule is CCCOc1ccc(-c2ccc(OCC3CC[CH]CC3)cc2)cc1. The molecular formula is C22H27O2. The van der Waals surface area contributed by atoms with E-state index in [0.717, 1.165) is 31.1 Å². The molecule has 1 aliphatic carbocycles. The first-order valence-electron chi connectivity index (χ1n) is 9.13. The molecule has 2 nitrogen and oxygen atoms in total. The van der Waals surface area contributed by atoms with Crippen LogP contribution in [0, 0.1) is 12.3 Å². The third-order valence-electron chi connectivity index (χ3n) is 4.56. The highest BCUT2D eigenvalue weighted by molar-refractivity contribution is 5.64. The van der Waals surface area contributed by atoms with E-state index in [1.54, 1.807) is 0 Å². The van der Waals surface area contributed by atoms with Gasteiger partial charge in [-0.05, 0) is 79.8 Å². The molecule has 2 aromatic carbocycles. The Morgan fingerprint density at radius 2 is 1.33 bits per heavy atom. The molecule has 0 atom stereocenters. The van der Waals surface area contributed by atoms with Crippen LogP contribution in [0.4, 0.5) is 0 Å². The minimum absolute atomic E-state index is 0.713. The van der Waals surface area contributed by atoms with Crippen molar-refractivity contribution in [3.05, 3.63) is 55.0 Å². The average molecular weight is 323 g/mol. The fourth-order valence-electron chi connectivity index (χ4n) is 3.08. The zero-order valence-electron chi connectivity index (χ0n) is 14.5. The number of rotatable bonds is 7. The molecule has 1 aliphatic rings. The lowest BCUT2D eigenvalue weighted by Crippen LogP contribution is -2.15. The summed E-state index contributed by atoms with van der Waals surface area (Å²) in [6.07, 6.45) is 8.44. The van der Waals surface area contributed by atoms with E-state index in [1.807, 2.05) is 12.1 Å². The van der Waals surface area contributed by atoms with Crippen LogP contribution in [-0.2, 0) is 0 Å². The van der Waals surface area contributed by atoms with Crippen molar-refractivity contribution < 1.29 is 9.47 Å². The van der Waals surface area contributed by atoms with E-state index in [0.29, 0.717) is 5.92 Å². The summed E-state index contributed by atoms with van der Waals surface area (Å²) in [6, 6.07) is 16.7. The molecular weight excluding hydrogens is 296 g/mol. The number of benzene rings is 2. The van der Waals surface area contributed by atoms with Crippen molar-refractivity contribution in [3.63, 3.8) is 0 Å². The van der Waals surface area contributed by atoms with Crippen LogP contribution < -0.4 is 9.47 Å². The van der Waals surface area contributed by atoms with Crippen molar-refractivity contribution in [2.75, 3.05) is 13.2 Å². The third kappa shape index (κ3) is 4.77. The van der Waals surface area contributed by atoms with Crippen molar-refractivity contribution in [1.82, 2.24) is 0 Å². The van der Waals surface area contributed by atoms with Crippen LogP contribution in [0.15, 0.2) is 48.5 Å². The molecule has 0 amide bonds. The standard InChI is InChI=1S/C22H27O2/c1-2-16-23-21-12-8-19(9-13-21)20-10-14-22(15-11-20)24-17-18-6-4-3-5-7-18/h3,8-15,18H,2,4-7,16-17H2,1H3. The van der Waals surface area contributed by atoms with Gasteiger partial charge >= 0.3 is 0 Å². The molecule has 0 aromatic heterocycles. The Kier molecular flexibility index (Phi) is 6.17. The highest BCUT2D eigenvalue weighted by Gasteiger charge is 2.14. The number of hydrogen-bond acceptors (Lipinski definition) is 2. The Hall–Kier alpha value is -1.96. The van der Waals surface area contributed by atoms with Crippen molar-refractivity contribution in [2.24, 2.45) is 5.92 Å². The van der Waals surface area contributed by atoms with Crippen molar-refractivity contribution >= 4 is 0 Å². The molecule has 0 unspecified atom stereocenters. The largest absolute Gasteiger partial charge is 0.494 e. The molecule has 0 heterocycles. The average Bonchev–Trinajstić information content (AvgIpc) is 2.66. The lowest BCUT2D eigenvalue weighted by molar-refractivity contribution is 0.221. The minimum Gasteiger partial charge on any atom is -0.494 e. The Morgan fingerprint density at radius 1 is 0.792 bits per heavy atom. The maximum Gasteiger partial charge on any atom is 0.119 e. The second-order valence-electron chi connectivity index (χ2n) is 6.52. The first kappa shape index (κ1) is 16.9. The van der Waals surface area contributed by atoms with Gasteiger partial charge in [-0.1, -0.05) is 31.2 Å². The van der Waals surface area contributed by atoms with Crippen LogP contribution in [0.25, 0.3) is 11.1 Å². The minimum atomic E-state index is 0.713. The second kappa shape index (κ2) is 8.77. The molecule has 24 heavy (non-hydrogen) atoms. The highest BCUT2D eigenvalue weighted by atomic mass is 16.5. The van der Waals surface area contributed by atoms with Gasteiger partial charge in [-0.25, -0.2) is 0 Å². The maximum absolute atomic E-state index is 5.97. The van der Waals surface area contributed by atoms with Gasteiger partial charge in [0, 0.05) is 0 Å². The fourth-order valence-corrected chi connectivity index (χ4v) is 3.08. The summed E-state index contributed by atoms with van der Waals surface area (Å²) < 4.78 is 11.6. The summed E-state index contributed by atoms with van der Waals surface area (Å²) in [5.41, 5.74) is 2.41. The molecule has 0 saturated heterocycles. The molecule has 0 spiro atoms. The fraction of sp³-hybridized carbons (Fsp3) is 0.409. The Balaban J connectivity index is 1.55. The van der Waals surface area contributed by atoms with Crippen LogP contribution in [0.2, 0.25) is 0 Å². The van der Waals surface area contributed by atoms with Crippen molar-refractivity contribution in [1.29, 1.82) is 0 Å². The van der Waals surface area contributed by atoms with Gasteiger partial charge in [0.25, 0.3) is 0 Å². The molecule has 3 rings (SSSR count). The van der Waals surface area contributed by atoms with Gasteiger partial charge in [-0.3, -0.25) is 0 Å². The summed E-state index contributed by atoms with van der Waals surface area (Å²) in [5.74, 6) is 2.62. The van der Waals surface area contributed by atoms with E-state index in [2.05, 4.69) is 49.7 Å². The van der Waals surface area contributed by atoms with E-state index in [1.165, 1.54) is 36.8 Å². The van der Waals surface area contributed by atoms with Crippen LogP contribution in [0.1, 0.15) is 39.0 Å². The highest BCUT2D eigenvalue weighted by Crippen LogP contribution is 2.27. The molecule has 2 heteroatoms. The first-order chi connectivity index (χ1) is 11.8. The monoisotopic (exact) mass is 323 g/mol. The summed E-state index contributed by atoms with van der Waals surface area (Å²) in [5, 5.41) is 0. The number of ether oxygens (including phenoxy) is 2. The third-order valence-corrected chi connectivity index (χ3v) is 4.56. The lowest BCUT2D eigenvalue weighted by atomic mass is 9.90. The smallest absolute Gasteiger partial charge is 0.119 e. The van der Waals surface area contributed by atoms with Crippen LogP contribution >= 0.6 is 0 Å². The van der Waals surface area contributed by atoms with Gasteiger partial charge < -0.3 is 9.47 Å². The lowest BCUT2D eigenvalue weighted by Gasteiger charge is -2.21. The van der Waals surface area contributed by atoms with Gasteiger partial charge in [-0.15, -0.1) is 0 Å². The number of hydrogen-bond donors (Lipinski definition) is 0. The Morgan fingerprint density at radius 3 is 1.88 bits per heavy atom. The normalized spacial score (nSPS) is 15.2. The summed E-state index contributed by atoms with van der Waals surface area (Å²) in [6.45, 7) is 3.73. The topological polar surface area (TPSA) is 18.5 Å². The quantitative estimate of drug-likeness (QED) is 0.630. The second-order valence-corrected chi connectivity index (χ2v) is 6.52. The molecule has 1 saturated carbocycles.